The number of carbonyl (C=O) groups is 1. The maximum absolute atomic E-state index is 11.6. The second-order valence-corrected chi connectivity index (χ2v) is 7.54. The maximum Gasteiger partial charge on any atom is 0.243 e. The molecule has 0 unspecified atom stereocenters. The standard InChI is InChI=1S/C18H31N5O2/c1-14(2)17-19-18(25-20-17)15(3)22-12-10-21(11-13-22)7-5-9-23-8-4-6-16(23)24/h14-15H,4-13H2,1-3H3/t15-/m1/s1. The van der Waals surface area contributed by atoms with Gasteiger partial charge in [-0.15, -0.1) is 0 Å². The molecule has 2 aliphatic heterocycles. The van der Waals surface area contributed by atoms with E-state index < -0.39 is 0 Å². The minimum atomic E-state index is 0.171. The van der Waals surface area contributed by atoms with Crippen molar-refractivity contribution in [3.63, 3.8) is 0 Å². The minimum absolute atomic E-state index is 0.171. The Bertz CT molecular complexity index is 566. The molecule has 1 aromatic rings. The van der Waals surface area contributed by atoms with Gasteiger partial charge in [0, 0.05) is 51.6 Å². The van der Waals surface area contributed by atoms with E-state index >= 15 is 0 Å². The lowest BCUT2D eigenvalue weighted by Crippen LogP contribution is -2.47. The first-order valence-corrected chi connectivity index (χ1v) is 9.62. The SMILES string of the molecule is CC(C)c1noc([C@@H](C)N2CCN(CCCN3CCCC3=O)CC2)n1. The van der Waals surface area contributed by atoms with Crippen molar-refractivity contribution in [3.8, 4) is 0 Å². The van der Waals surface area contributed by atoms with Crippen LogP contribution < -0.4 is 0 Å². The predicted octanol–water partition coefficient (Wildman–Crippen LogP) is 1.88. The highest BCUT2D eigenvalue weighted by molar-refractivity contribution is 5.77. The average Bonchev–Trinajstić information content (AvgIpc) is 3.25. The maximum atomic E-state index is 11.6. The van der Waals surface area contributed by atoms with Crippen molar-refractivity contribution in [2.45, 2.75) is 52.0 Å². The molecule has 0 spiro atoms. The highest BCUT2D eigenvalue weighted by atomic mass is 16.5. The molecule has 7 heteroatoms. The molecule has 1 atom stereocenters. The summed E-state index contributed by atoms with van der Waals surface area (Å²) in [6, 6.07) is 0.171. The fraction of sp³-hybridized carbons (Fsp3) is 0.833. The third kappa shape index (κ3) is 4.58. The fourth-order valence-corrected chi connectivity index (χ4v) is 3.61. The van der Waals surface area contributed by atoms with E-state index in [2.05, 4.69) is 40.7 Å². The van der Waals surface area contributed by atoms with Crippen molar-refractivity contribution in [2.24, 2.45) is 0 Å². The molecule has 140 valence electrons. The van der Waals surface area contributed by atoms with Gasteiger partial charge in [0.2, 0.25) is 11.8 Å². The van der Waals surface area contributed by atoms with Gasteiger partial charge in [0.05, 0.1) is 6.04 Å². The second kappa shape index (κ2) is 8.27. The highest BCUT2D eigenvalue weighted by Gasteiger charge is 2.26. The Labute approximate surface area is 150 Å². The minimum Gasteiger partial charge on any atom is -0.343 e. The van der Waals surface area contributed by atoms with Crippen molar-refractivity contribution < 1.29 is 9.32 Å². The number of aromatic nitrogens is 2. The van der Waals surface area contributed by atoms with E-state index in [4.69, 9.17) is 4.52 Å². The van der Waals surface area contributed by atoms with Crippen LogP contribution in [0.5, 0.6) is 0 Å². The third-order valence-electron chi connectivity index (χ3n) is 5.36. The molecule has 1 amide bonds. The first-order chi connectivity index (χ1) is 12.0. The van der Waals surface area contributed by atoms with Gasteiger partial charge in [0.15, 0.2) is 5.82 Å². The fourth-order valence-electron chi connectivity index (χ4n) is 3.61. The van der Waals surface area contributed by atoms with Crippen molar-refractivity contribution >= 4 is 5.91 Å². The molecule has 0 N–H and O–H groups in total. The summed E-state index contributed by atoms with van der Waals surface area (Å²) in [6.07, 6.45) is 2.84. The summed E-state index contributed by atoms with van der Waals surface area (Å²) in [5, 5.41) is 4.08. The Kier molecular flexibility index (Phi) is 6.06. The number of hydrogen-bond donors (Lipinski definition) is 0. The molecule has 0 saturated carbocycles. The second-order valence-electron chi connectivity index (χ2n) is 7.54. The van der Waals surface area contributed by atoms with E-state index in [1.807, 2.05) is 4.90 Å². The molecular weight excluding hydrogens is 318 g/mol. The summed E-state index contributed by atoms with van der Waals surface area (Å²) in [5.74, 6) is 2.14. The summed E-state index contributed by atoms with van der Waals surface area (Å²) >= 11 is 0. The Morgan fingerprint density at radius 3 is 2.44 bits per heavy atom. The zero-order valence-corrected chi connectivity index (χ0v) is 15.8. The van der Waals surface area contributed by atoms with E-state index in [-0.39, 0.29) is 6.04 Å². The number of piperazine rings is 1. The Morgan fingerprint density at radius 2 is 1.84 bits per heavy atom. The average molecular weight is 349 g/mol. The predicted molar refractivity (Wildman–Crippen MR) is 95.2 cm³/mol. The van der Waals surface area contributed by atoms with Crippen LogP contribution in [0.25, 0.3) is 0 Å². The highest BCUT2D eigenvalue weighted by Crippen LogP contribution is 2.22. The molecule has 0 aliphatic carbocycles. The lowest BCUT2D eigenvalue weighted by Gasteiger charge is -2.37. The molecule has 7 nitrogen and oxygen atoms in total. The number of hydrogen-bond acceptors (Lipinski definition) is 6. The number of carbonyl (C=O) groups excluding carboxylic acids is 1. The molecule has 0 radical (unpaired) electrons. The van der Waals surface area contributed by atoms with Gasteiger partial charge in [-0.3, -0.25) is 9.69 Å². The Balaban J connectivity index is 1.39. The molecule has 2 aliphatic rings. The summed E-state index contributed by atoms with van der Waals surface area (Å²) < 4.78 is 5.45. The summed E-state index contributed by atoms with van der Waals surface area (Å²) in [6.45, 7) is 13.4. The lowest BCUT2D eigenvalue weighted by molar-refractivity contribution is -0.127. The van der Waals surface area contributed by atoms with Gasteiger partial charge in [-0.05, 0) is 26.3 Å². The van der Waals surface area contributed by atoms with Crippen LogP contribution >= 0.6 is 0 Å². The number of rotatable bonds is 7. The number of amides is 1. The largest absolute Gasteiger partial charge is 0.343 e. The number of likely N-dealkylation sites (tertiary alicyclic amines) is 1. The molecule has 25 heavy (non-hydrogen) atoms. The topological polar surface area (TPSA) is 65.7 Å². The molecule has 3 heterocycles. The van der Waals surface area contributed by atoms with Crippen LogP contribution in [0.15, 0.2) is 4.52 Å². The van der Waals surface area contributed by atoms with Crippen LogP contribution in [0.2, 0.25) is 0 Å². The zero-order valence-electron chi connectivity index (χ0n) is 15.8. The van der Waals surface area contributed by atoms with Gasteiger partial charge in [-0.1, -0.05) is 19.0 Å². The molecular formula is C18H31N5O2. The van der Waals surface area contributed by atoms with E-state index in [1.54, 1.807) is 0 Å². The quantitative estimate of drug-likeness (QED) is 0.749. The Hall–Kier alpha value is -1.47. The van der Waals surface area contributed by atoms with Gasteiger partial charge < -0.3 is 14.3 Å². The van der Waals surface area contributed by atoms with Crippen molar-refractivity contribution in [3.05, 3.63) is 11.7 Å². The van der Waals surface area contributed by atoms with Gasteiger partial charge in [-0.25, -0.2) is 0 Å². The first-order valence-electron chi connectivity index (χ1n) is 9.62. The van der Waals surface area contributed by atoms with Crippen molar-refractivity contribution in [2.75, 3.05) is 45.8 Å². The van der Waals surface area contributed by atoms with E-state index in [1.165, 1.54) is 0 Å². The summed E-state index contributed by atoms with van der Waals surface area (Å²) in [5.41, 5.74) is 0. The van der Waals surface area contributed by atoms with Gasteiger partial charge in [-0.2, -0.15) is 4.98 Å². The molecule has 2 saturated heterocycles. The lowest BCUT2D eigenvalue weighted by atomic mass is 10.2. The van der Waals surface area contributed by atoms with Gasteiger partial charge in [0.1, 0.15) is 0 Å². The third-order valence-corrected chi connectivity index (χ3v) is 5.36. The van der Waals surface area contributed by atoms with E-state index in [0.29, 0.717) is 11.8 Å². The zero-order chi connectivity index (χ0) is 17.8. The van der Waals surface area contributed by atoms with E-state index in [0.717, 1.165) is 76.8 Å². The van der Waals surface area contributed by atoms with Crippen LogP contribution in [0, 0.1) is 0 Å². The molecule has 2 fully saturated rings. The summed E-state index contributed by atoms with van der Waals surface area (Å²) in [4.78, 5) is 23.1. The molecule has 1 aromatic heterocycles. The normalized spacial score (nSPS) is 21.4. The molecule has 0 bridgehead atoms. The monoisotopic (exact) mass is 349 g/mol. The van der Waals surface area contributed by atoms with Crippen molar-refractivity contribution in [1.82, 2.24) is 24.8 Å². The molecule has 0 aromatic carbocycles. The van der Waals surface area contributed by atoms with Crippen LogP contribution in [-0.2, 0) is 4.79 Å². The summed E-state index contributed by atoms with van der Waals surface area (Å²) in [7, 11) is 0. The molecule has 3 rings (SSSR count). The number of nitrogens with zero attached hydrogens (tertiary/aromatic N) is 5. The van der Waals surface area contributed by atoms with Gasteiger partial charge >= 0.3 is 0 Å². The van der Waals surface area contributed by atoms with Crippen LogP contribution in [-0.4, -0.2) is 76.6 Å². The van der Waals surface area contributed by atoms with Crippen LogP contribution in [0.4, 0.5) is 0 Å². The van der Waals surface area contributed by atoms with Crippen LogP contribution in [0.3, 0.4) is 0 Å². The van der Waals surface area contributed by atoms with Crippen LogP contribution in [0.1, 0.15) is 63.7 Å². The van der Waals surface area contributed by atoms with E-state index in [9.17, 15) is 4.79 Å². The van der Waals surface area contributed by atoms with Crippen molar-refractivity contribution in [1.29, 1.82) is 0 Å². The van der Waals surface area contributed by atoms with Gasteiger partial charge in [0.25, 0.3) is 0 Å². The Morgan fingerprint density at radius 1 is 1.08 bits per heavy atom. The smallest absolute Gasteiger partial charge is 0.243 e. The first kappa shape index (κ1) is 18.3.